The number of aliphatic carboxylic acids is 1. The third-order valence-electron chi connectivity index (χ3n) is 5.50. The Bertz CT molecular complexity index is 847. The first-order valence-corrected chi connectivity index (χ1v) is 9.01. The average Bonchev–Trinajstić information content (AvgIpc) is 3.25. The molecular weight excluding hydrogens is 334 g/mol. The maximum atomic E-state index is 13.2. The van der Waals surface area contributed by atoms with E-state index in [0.29, 0.717) is 29.3 Å². The number of carboxylic acids is 1. The monoisotopic (exact) mass is 355 g/mol. The summed E-state index contributed by atoms with van der Waals surface area (Å²) in [5, 5.41) is 13.5. The second-order valence-corrected chi connectivity index (χ2v) is 7.13. The van der Waals surface area contributed by atoms with Crippen molar-refractivity contribution in [1.82, 2.24) is 15.0 Å². The molecule has 1 saturated carbocycles. The van der Waals surface area contributed by atoms with Crippen molar-refractivity contribution in [2.24, 2.45) is 5.92 Å². The summed E-state index contributed by atoms with van der Waals surface area (Å²) in [5.41, 5.74) is 1.14. The second kappa shape index (κ2) is 6.55. The standard InChI is InChI=1S/C19H21N3O4/c1-11-20-17(21-26-11)13-6-4-7-14(9-13)18(23)22-15-8-3-2-5-12(15)10-16(22)19(24)25/h4,6-7,9,12,15-16H,2-3,5,8,10H2,1H3,(H,24,25). The van der Waals surface area contributed by atoms with Crippen molar-refractivity contribution in [2.75, 3.05) is 0 Å². The van der Waals surface area contributed by atoms with Gasteiger partial charge in [0.2, 0.25) is 11.7 Å². The number of carbonyl (C=O) groups excluding carboxylic acids is 1. The zero-order valence-electron chi connectivity index (χ0n) is 14.6. The zero-order valence-corrected chi connectivity index (χ0v) is 14.6. The lowest BCUT2D eigenvalue weighted by Crippen LogP contribution is -2.46. The predicted octanol–water partition coefficient (Wildman–Crippen LogP) is 2.90. The molecule has 2 aliphatic rings. The lowest BCUT2D eigenvalue weighted by atomic mass is 9.84. The first kappa shape index (κ1) is 16.8. The lowest BCUT2D eigenvalue weighted by Gasteiger charge is -2.33. The van der Waals surface area contributed by atoms with Gasteiger partial charge in [-0.1, -0.05) is 30.1 Å². The molecule has 0 spiro atoms. The molecule has 1 N–H and O–H groups in total. The quantitative estimate of drug-likeness (QED) is 0.909. The summed E-state index contributed by atoms with van der Waals surface area (Å²) in [7, 11) is 0. The Hall–Kier alpha value is -2.70. The summed E-state index contributed by atoms with van der Waals surface area (Å²) in [6.45, 7) is 1.70. The molecule has 136 valence electrons. The third-order valence-corrected chi connectivity index (χ3v) is 5.50. The minimum absolute atomic E-state index is 0.0217. The summed E-state index contributed by atoms with van der Waals surface area (Å²) in [5.74, 6) is 0.0135. The van der Waals surface area contributed by atoms with E-state index in [1.807, 2.05) is 6.07 Å². The van der Waals surface area contributed by atoms with Crippen LogP contribution in [0.4, 0.5) is 0 Å². The summed E-state index contributed by atoms with van der Waals surface area (Å²) in [6, 6.07) is 6.28. The minimum Gasteiger partial charge on any atom is -0.480 e. The highest BCUT2D eigenvalue weighted by Crippen LogP contribution is 2.40. The van der Waals surface area contributed by atoms with E-state index in [1.165, 1.54) is 0 Å². The Morgan fingerprint density at radius 1 is 1.27 bits per heavy atom. The fourth-order valence-corrected chi connectivity index (χ4v) is 4.33. The molecule has 2 aromatic rings. The SMILES string of the molecule is Cc1nc(-c2cccc(C(=O)N3C(C(=O)O)CC4CCCCC43)c2)no1. The number of nitrogens with zero attached hydrogens (tertiary/aromatic N) is 3. The molecule has 7 nitrogen and oxygen atoms in total. The Labute approximate surface area is 151 Å². The fourth-order valence-electron chi connectivity index (χ4n) is 4.33. The number of aryl methyl sites for hydroxylation is 1. The van der Waals surface area contributed by atoms with Crippen molar-refractivity contribution in [3.8, 4) is 11.4 Å². The molecule has 26 heavy (non-hydrogen) atoms. The van der Waals surface area contributed by atoms with Gasteiger partial charge in [-0.05, 0) is 37.3 Å². The van der Waals surface area contributed by atoms with E-state index in [9.17, 15) is 14.7 Å². The molecule has 1 amide bonds. The van der Waals surface area contributed by atoms with E-state index in [1.54, 1.807) is 30.0 Å². The van der Waals surface area contributed by atoms with E-state index in [2.05, 4.69) is 10.1 Å². The van der Waals surface area contributed by atoms with Gasteiger partial charge in [0.25, 0.3) is 5.91 Å². The van der Waals surface area contributed by atoms with Crippen molar-refractivity contribution in [3.05, 3.63) is 35.7 Å². The maximum absolute atomic E-state index is 13.2. The number of benzene rings is 1. The number of fused-ring (bicyclic) bond motifs is 1. The Morgan fingerprint density at radius 3 is 2.81 bits per heavy atom. The van der Waals surface area contributed by atoms with Gasteiger partial charge in [-0.15, -0.1) is 0 Å². The molecule has 2 fully saturated rings. The summed E-state index contributed by atoms with van der Waals surface area (Å²) in [4.78, 5) is 30.8. The van der Waals surface area contributed by atoms with Gasteiger partial charge in [0.05, 0.1) is 0 Å². The lowest BCUT2D eigenvalue weighted by molar-refractivity contribution is -0.141. The molecular formula is C19H21N3O4. The molecule has 1 aliphatic heterocycles. The van der Waals surface area contributed by atoms with Crippen LogP contribution in [-0.4, -0.2) is 44.1 Å². The van der Waals surface area contributed by atoms with Gasteiger partial charge >= 0.3 is 5.97 Å². The molecule has 7 heteroatoms. The van der Waals surface area contributed by atoms with Crippen molar-refractivity contribution in [3.63, 3.8) is 0 Å². The second-order valence-electron chi connectivity index (χ2n) is 7.13. The molecule has 3 unspecified atom stereocenters. The normalized spacial score (nSPS) is 25.1. The van der Waals surface area contributed by atoms with Crippen LogP contribution in [0.15, 0.2) is 28.8 Å². The van der Waals surface area contributed by atoms with Crippen molar-refractivity contribution < 1.29 is 19.2 Å². The summed E-state index contributed by atoms with van der Waals surface area (Å²) >= 11 is 0. The summed E-state index contributed by atoms with van der Waals surface area (Å²) in [6.07, 6.45) is 4.58. The summed E-state index contributed by atoms with van der Waals surface area (Å²) < 4.78 is 5.00. The molecule has 1 aromatic carbocycles. The first-order valence-electron chi connectivity index (χ1n) is 9.01. The van der Waals surface area contributed by atoms with Crippen LogP contribution in [0.5, 0.6) is 0 Å². The Balaban J connectivity index is 1.66. The molecule has 1 saturated heterocycles. The highest BCUT2D eigenvalue weighted by molar-refractivity contribution is 5.98. The molecule has 1 aliphatic carbocycles. The topological polar surface area (TPSA) is 96.5 Å². The number of likely N-dealkylation sites (tertiary alicyclic amines) is 1. The highest BCUT2D eigenvalue weighted by Gasteiger charge is 2.47. The van der Waals surface area contributed by atoms with Crippen LogP contribution in [0, 0.1) is 12.8 Å². The van der Waals surface area contributed by atoms with Gasteiger partial charge in [-0.3, -0.25) is 4.79 Å². The Kier molecular flexibility index (Phi) is 4.22. The number of rotatable bonds is 3. The molecule has 1 aromatic heterocycles. The molecule has 3 atom stereocenters. The van der Waals surface area contributed by atoms with Crippen LogP contribution in [0.1, 0.15) is 48.4 Å². The van der Waals surface area contributed by atoms with E-state index in [-0.39, 0.29) is 17.9 Å². The van der Waals surface area contributed by atoms with Crippen molar-refractivity contribution >= 4 is 11.9 Å². The predicted molar refractivity (Wildman–Crippen MR) is 92.4 cm³/mol. The number of amides is 1. The largest absolute Gasteiger partial charge is 0.480 e. The number of aromatic nitrogens is 2. The van der Waals surface area contributed by atoms with Crippen LogP contribution in [0.2, 0.25) is 0 Å². The van der Waals surface area contributed by atoms with Crippen LogP contribution < -0.4 is 0 Å². The van der Waals surface area contributed by atoms with Gasteiger partial charge in [0.15, 0.2) is 0 Å². The van der Waals surface area contributed by atoms with Crippen LogP contribution in [0.3, 0.4) is 0 Å². The van der Waals surface area contributed by atoms with E-state index in [0.717, 1.165) is 25.7 Å². The smallest absolute Gasteiger partial charge is 0.326 e. The molecule has 0 radical (unpaired) electrons. The number of hydrogen-bond acceptors (Lipinski definition) is 5. The van der Waals surface area contributed by atoms with Gasteiger partial charge in [0, 0.05) is 24.1 Å². The van der Waals surface area contributed by atoms with Gasteiger partial charge < -0.3 is 14.5 Å². The minimum atomic E-state index is -0.919. The number of carboxylic acid groups (broad SMARTS) is 1. The van der Waals surface area contributed by atoms with E-state index in [4.69, 9.17) is 4.52 Å². The fraction of sp³-hybridized carbons (Fsp3) is 0.474. The zero-order chi connectivity index (χ0) is 18.3. The van der Waals surface area contributed by atoms with Gasteiger partial charge in [-0.2, -0.15) is 4.98 Å². The number of hydrogen-bond donors (Lipinski definition) is 1. The van der Waals surface area contributed by atoms with Gasteiger partial charge in [0.1, 0.15) is 6.04 Å². The van der Waals surface area contributed by atoms with Crippen LogP contribution in [-0.2, 0) is 4.79 Å². The Morgan fingerprint density at radius 2 is 2.08 bits per heavy atom. The maximum Gasteiger partial charge on any atom is 0.326 e. The van der Waals surface area contributed by atoms with Crippen molar-refractivity contribution in [2.45, 2.75) is 51.1 Å². The average molecular weight is 355 g/mol. The van der Waals surface area contributed by atoms with E-state index < -0.39 is 12.0 Å². The molecule has 0 bridgehead atoms. The highest BCUT2D eigenvalue weighted by atomic mass is 16.5. The van der Waals surface area contributed by atoms with Crippen LogP contribution in [0.25, 0.3) is 11.4 Å². The number of carbonyl (C=O) groups is 2. The van der Waals surface area contributed by atoms with Gasteiger partial charge in [-0.25, -0.2) is 4.79 Å². The molecule has 2 heterocycles. The van der Waals surface area contributed by atoms with Crippen molar-refractivity contribution in [1.29, 1.82) is 0 Å². The van der Waals surface area contributed by atoms with E-state index >= 15 is 0 Å². The van der Waals surface area contributed by atoms with Crippen LogP contribution >= 0.6 is 0 Å². The first-order chi connectivity index (χ1) is 12.5. The molecule has 4 rings (SSSR count). The third kappa shape index (κ3) is 2.87.